The predicted molar refractivity (Wildman–Crippen MR) is 138 cm³/mol. The number of carbonyl (C=O) groups is 1. The number of aromatic nitrogens is 5. The van der Waals surface area contributed by atoms with Crippen LogP contribution in [0.4, 0.5) is 27.7 Å². The molecule has 37 heavy (non-hydrogen) atoms. The van der Waals surface area contributed by atoms with Crippen molar-refractivity contribution in [2.45, 2.75) is 19.4 Å². The Hall–Kier alpha value is -4.45. The third-order valence-electron chi connectivity index (χ3n) is 6.20. The van der Waals surface area contributed by atoms with Crippen LogP contribution in [0.15, 0.2) is 47.9 Å². The van der Waals surface area contributed by atoms with Gasteiger partial charge < -0.3 is 25.0 Å². The monoisotopic (exact) mass is 503 g/mol. The number of halogens is 1. The van der Waals surface area contributed by atoms with Crippen LogP contribution < -0.4 is 15.5 Å². The summed E-state index contributed by atoms with van der Waals surface area (Å²) in [5, 5.41) is 9.41. The van der Waals surface area contributed by atoms with Crippen LogP contribution in [0.25, 0.3) is 16.6 Å². The van der Waals surface area contributed by atoms with Gasteiger partial charge in [-0.3, -0.25) is 4.79 Å². The van der Waals surface area contributed by atoms with Gasteiger partial charge in [-0.15, -0.1) is 0 Å². The number of allylic oxidation sites excluding steroid dienone is 1. The lowest BCUT2D eigenvalue weighted by atomic mass is 10.1. The predicted octanol–water partition coefficient (Wildman–Crippen LogP) is 3.72. The van der Waals surface area contributed by atoms with Crippen LogP contribution in [0.2, 0.25) is 0 Å². The first-order valence-corrected chi connectivity index (χ1v) is 11.7. The molecule has 1 aliphatic rings. The third kappa shape index (κ3) is 5.09. The van der Waals surface area contributed by atoms with E-state index in [2.05, 4.69) is 66.2 Å². The molecule has 2 N–H and O–H groups in total. The molecule has 3 aromatic heterocycles. The van der Waals surface area contributed by atoms with Gasteiger partial charge in [0.25, 0.3) is 5.91 Å². The van der Waals surface area contributed by atoms with Gasteiger partial charge >= 0.3 is 0 Å². The molecule has 1 atom stereocenters. The first-order chi connectivity index (χ1) is 17.8. The van der Waals surface area contributed by atoms with Crippen molar-refractivity contribution >= 4 is 45.8 Å². The van der Waals surface area contributed by atoms with E-state index in [0.29, 0.717) is 40.2 Å². The number of nitrogens with zero attached hydrogens (tertiary/aromatic N) is 7. The largest absolute Gasteiger partial charge is 0.354 e. The average Bonchev–Trinajstić information content (AvgIpc) is 3.56. The summed E-state index contributed by atoms with van der Waals surface area (Å²) in [6.07, 6.45) is 3.99. The van der Waals surface area contributed by atoms with E-state index in [1.54, 1.807) is 19.2 Å². The fourth-order valence-corrected chi connectivity index (χ4v) is 4.05. The van der Waals surface area contributed by atoms with Crippen LogP contribution in [0.5, 0.6) is 0 Å². The molecule has 0 aliphatic carbocycles. The second-order valence-corrected chi connectivity index (χ2v) is 9.11. The number of anilines is 4. The Morgan fingerprint density at radius 3 is 2.81 bits per heavy atom. The highest BCUT2D eigenvalue weighted by atomic mass is 19.1. The molecule has 0 bridgehead atoms. The second-order valence-electron chi connectivity index (χ2n) is 9.11. The summed E-state index contributed by atoms with van der Waals surface area (Å²) in [7, 11) is 4.11. The average molecular weight is 504 g/mol. The van der Waals surface area contributed by atoms with Gasteiger partial charge in [0.05, 0.1) is 11.9 Å². The van der Waals surface area contributed by atoms with Crippen molar-refractivity contribution in [3.8, 4) is 0 Å². The quantitative estimate of drug-likeness (QED) is 0.385. The molecular weight excluding hydrogens is 477 g/mol. The van der Waals surface area contributed by atoms with Crippen LogP contribution in [0.1, 0.15) is 29.5 Å². The zero-order valence-electron chi connectivity index (χ0n) is 20.7. The third-order valence-corrected chi connectivity index (χ3v) is 6.20. The highest BCUT2D eigenvalue weighted by Gasteiger charge is 2.26. The molecule has 0 spiro atoms. The minimum Gasteiger partial charge on any atom is -0.354 e. The topological polar surface area (TPSA) is 125 Å². The van der Waals surface area contributed by atoms with Gasteiger partial charge in [-0.2, -0.15) is 0 Å². The van der Waals surface area contributed by atoms with Gasteiger partial charge in [-0.05, 0) is 51.2 Å². The lowest BCUT2D eigenvalue weighted by Gasteiger charge is -2.20. The van der Waals surface area contributed by atoms with Crippen LogP contribution >= 0.6 is 0 Å². The van der Waals surface area contributed by atoms with Crippen molar-refractivity contribution in [1.29, 1.82) is 0 Å². The van der Waals surface area contributed by atoms with Gasteiger partial charge in [0.15, 0.2) is 17.4 Å². The Balaban J connectivity index is 1.40. The summed E-state index contributed by atoms with van der Waals surface area (Å²) < 4.78 is 19.9. The van der Waals surface area contributed by atoms with E-state index in [-0.39, 0.29) is 17.1 Å². The Kier molecular flexibility index (Phi) is 6.49. The molecule has 1 fully saturated rings. The molecule has 190 valence electrons. The Bertz CT molecular complexity index is 1490. The number of hydrogen-bond donors (Lipinski definition) is 2. The van der Waals surface area contributed by atoms with E-state index < -0.39 is 11.7 Å². The molecule has 5 rings (SSSR count). The summed E-state index contributed by atoms with van der Waals surface area (Å²) in [6.45, 7) is 7.18. The zero-order chi connectivity index (χ0) is 26.1. The molecule has 4 heterocycles. The molecular formula is C25H26FN9O2. The maximum atomic E-state index is 14.8. The van der Waals surface area contributed by atoms with E-state index in [1.807, 2.05) is 0 Å². The lowest BCUT2D eigenvalue weighted by molar-refractivity contribution is 0.102. The summed E-state index contributed by atoms with van der Waals surface area (Å²) in [5.41, 5.74) is 1.91. The molecule has 1 amide bonds. The summed E-state index contributed by atoms with van der Waals surface area (Å²) in [4.78, 5) is 34.7. The fourth-order valence-electron chi connectivity index (χ4n) is 4.05. The minimum atomic E-state index is -0.558. The van der Waals surface area contributed by atoms with Crippen LogP contribution in [0.3, 0.4) is 0 Å². The SMILES string of the molecule is C=C(C)c1cc(NC(=O)c2ccc(F)c(Nc3ncnc4cnc(N5CCC(N(C)C)C5)nc34)c2)no1. The van der Waals surface area contributed by atoms with Crippen molar-refractivity contribution in [2.75, 3.05) is 42.7 Å². The van der Waals surface area contributed by atoms with Gasteiger partial charge in [-0.1, -0.05) is 11.7 Å². The molecule has 1 aliphatic heterocycles. The van der Waals surface area contributed by atoms with Crippen molar-refractivity contribution in [2.24, 2.45) is 0 Å². The Morgan fingerprint density at radius 2 is 2.08 bits per heavy atom. The molecule has 4 aromatic rings. The molecule has 12 heteroatoms. The van der Waals surface area contributed by atoms with Gasteiger partial charge in [0.1, 0.15) is 23.2 Å². The smallest absolute Gasteiger partial charge is 0.256 e. The number of amides is 1. The zero-order valence-corrected chi connectivity index (χ0v) is 20.7. The molecule has 0 saturated carbocycles. The van der Waals surface area contributed by atoms with E-state index in [4.69, 9.17) is 4.52 Å². The number of carbonyl (C=O) groups excluding carboxylic acids is 1. The molecule has 1 aromatic carbocycles. The van der Waals surface area contributed by atoms with Gasteiger partial charge in [-0.25, -0.2) is 24.3 Å². The van der Waals surface area contributed by atoms with Crippen LogP contribution in [-0.2, 0) is 0 Å². The van der Waals surface area contributed by atoms with Gasteiger partial charge in [0, 0.05) is 30.8 Å². The standard InChI is InChI=1S/C25H26FN9O2/c1-14(2)20-10-21(33-37-20)31-24(36)15-5-6-17(26)18(9-15)30-23-22-19(28-13-29-23)11-27-25(32-22)35-8-7-16(12-35)34(3)4/h5-6,9-11,13,16H,1,7-8,12H2,2-4H3,(H,28,29,30)(H,31,33,36). The number of rotatable bonds is 7. The normalized spacial score (nSPS) is 15.4. The minimum absolute atomic E-state index is 0.0597. The first kappa shape index (κ1) is 24.3. The Labute approximate surface area is 212 Å². The maximum Gasteiger partial charge on any atom is 0.256 e. The van der Waals surface area contributed by atoms with Crippen molar-refractivity contribution in [3.63, 3.8) is 0 Å². The number of hydrogen-bond acceptors (Lipinski definition) is 10. The fraction of sp³-hybridized carbons (Fsp3) is 0.280. The van der Waals surface area contributed by atoms with E-state index in [1.165, 1.54) is 24.5 Å². The van der Waals surface area contributed by atoms with E-state index in [9.17, 15) is 9.18 Å². The molecule has 0 radical (unpaired) electrons. The molecule has 1 saturated heterocycles. The number of fused-ring (bicyclic) bond motifs is 1. The highest BCUT2D eigenvalue weighted by Crippen LogP contribution is 2.27. The first-order valence-electron chi connectivity index (χ1n) is 11.7. The number of nitrogens with one attached hydrogen (secondary N) is 2. The van der Waals surface area contributed by atoms with Crippen LogP contribution in [0, 0.1) is 5.82 Å². The summed E-state index contributed by atoms with van der Waals surface area (Å²) in [6, 6.07) is 5.95. The summed E-state index contributed by atoms with van der Waals surface area (Å²) in [5.74, 6) is 0.510. The van der Waals surface area contributed by atoms with Crippen LogP contribution in [-0.4, -0.2) is 69.1 Å². The van der Waals surface area contributed by atoms with Gasteiger partial charge in [0.2, 0.25) is 5.95 Å². The highest BCUT2D eigenvalue weighted by molar-refractivity contribution is 6.04. The van der Waals surface area contributed by atoms with Crippen molar-refractivity contribution < 1.29 is 13.7 Å². The number of likely N-dealkylation sites (N-methyl/N-ethyl adjacent to an activating group) is 1. The lowest BCUT2D eigenvalue weighted by Crippen LogP contribution is -2.32. The number of benzene rings is 1. The van der Waals surface area contributed by atoms with Crippen molar-refractivity contribution in [1.82, 2.24) is 30.0 Å². The summed E-state index contributed by atoms with van der Waals surface area (Å²) >= 11 is 0. The molecule has 1 unspecified atom stereocenters. The van der Waals surface area contributed by atoms with Crippen molar-refractivity contribution in [3.05, 3.63) is 60.5 Å². The maximum absolute atomic E-state index is 14.8. The van der Waals surface area contributed by atoms with E-state index in [0.717, 1.165) is 19.5 Å². The second kappa shape index (κ2) is 9.90. The molecule has 11 nitrogen and oxygen atoms in total. The Morgan fingerprint density at radius 1 is 1.24 bits per heavy atom. The van der Waals surface area contributed by atoms with E-state index >= 15 is 0 Å².